The zero-order valence-corrected chi connectivity index (χ0v) is 19.2. The van der Waals surface area contributed by atoms with Crippen LogP contribution in [0.15, 0.2) is 54.6 Å². The molecule has 2 aromatic carbocycles. The molecule has 166 valence electrons. The molecule has 5 heteroatoms. The van der Waals surface area contributed by atoms with Gasteiger partial charge in [0.15, 0.2) is 0 Å². The second kappa shape index (κ2) is 9.80. The van der Waals surface area contributed by atoms with Crippen LogP contribution in [0.25, 0.3) is 10.8 Å². The number of hydrogen-bond donors (Lipinski definition) is 3. The number of fused-ring (bicyclic) bond motifs is 1. The standard InChI is InChI=1S/C26H33NO3S/c1-26(2,14-18-7-8-19-5-3-4-6-21(19)13-18)27-15-22(29)17-30-25(20-9-10-20)24-12-11-23(16-28)31-24/h3-8,11-13,20,22,25,27-29H,9-10,14-17H2,1-2H3/t22-,25?/m1/s1. The van der Waals surface area contributed by atoms with Gasteiger partial charge in [-0.05, 0) is 67.5 Å². The van der Waals surface area contributed by atoms with Crippen molar-refractivity contribution in [3.63, 3.8) is 0 Å². The van der Waals surface area contributed by atoms with E-state index in [0.717, 1.165) is 16.2 Å². The molecule has 0 spiro atoms. The first-order valence-corrected chi connectivity index (χ1v) is 12.0. The molecule has 3 N–H and O–H groups in total. The monoisotopic (exact) mass is 439 g/mol. The quantitative estimate of drug-likeness (QED) is 0.400. The summed E-state index contributed by atoms with van der Waals surface area (Å²) in [5, 5.41) is 25.9. The van der Waals surface area contributed by atoms with Gasteiger partial charge in [0.05, 0.1) is 25.4 Å². The van der Waals surface area contributed by atoms with E-state index in [1.807, 2.05) is 6.07 Å². The first-order chi connectivity index (χ1) is 14.9. The molecule has 0 aliphatic heterocycles. The molecule has 1 saturated carbocycles. The van der Waals surface area contributed by atoms with Crippen molar-refractivity contribution in [2.45, 2.75) is 57.5 Å². The molecule has 4 rings (SSSR count). The minimum atomic E-state index is -0.561. The second-order valence-corrected chi connectivity index (χ2v) is 10.5. The van der Waals surface area contributed by atoms with Crippen molar-refractivity contribution in [2.24, 2.45) is 5.92 Å². The fraction of sp³-hybridized carbons (Fsp3) is 0.462. The highest BCUT2D eigenvalue weighted by Gasteiger charge is 2.34. The van der Waals surface area contributed by atoms with Gasteiger partial charge in [0.25, 0.3) is 0 Å². The molecule has 0 amide bonds. The average molecular weight is 440 g/mol. The van der Waals surface area contributed by atoms with E-state index in [0.29, 0.717) is 19.1 Å². The predicted octanol–water partition coefficient (Wildman–Crippen LogP) is 4.83. The van der Waals surface area contributed by atoms with Gasteiger partial charge in [-0.25, -0.2) is 0 Å². The Kier molecular flexibility index (Phi) is 7.09. The summed E-state index contributed by atoms with van der Waals surface area (Å²) >= 11 is 1.61. The Morgan fingerprint density at radius 2 is 1.87 bits per heavy atom. The fourth-order valence-electron chi connectivity index (χ4n) is 4.07. The van der Waals surface area contributed by atoms with Gasteiger partial charge in [0.2, 0.25) is 0 Å². The van der Waals surface area contributed by atoms with E-state index in [1.165, 1.54) is 29.2 Å². The molecule has 0 bridgehead atoms. The highest BCUT2D eigenvalue weighted by atomic mass is 32.1. The average Bonchev–Trinajstić information content (AvgIpc) is 3.48. The number of β-amino-alcohol motifs (C(OH)–C–C–N with tert-alkyl or cyclic N) is 1. The van der Waals surface area contributed by atoms with E-state index in [1.54, 1.807) is 11.3 Å². The molecule has 2 atom stereocenters. The Balaban J connectivity index is 1.28. The van der Waals surface area contributed by atoms with Crippen LogP contribution in [0.2, 0.25) is 0 Å². The van der Waals surface area contributed by atoms with Crippen molar-refractivity contribution in [2.75, 3.05) is 13.2 Å². The third kappa shape index (κ3) is 6.15. The van der Waals surface area contributed by atoms with Crippen molar-refractivity contribution in [3.05, 3.63) is 69.9 Å². The summed E-state index contributed by atoms with van der Waals surface area (Å²) in [4.78, 5) is 2.12. The van der Waals surface area contributed by atoms with Gasteiger partial charge in [-0.2, -0.15) is 0 Å². The maximum absolute atomic E-state index is 10.5. The van der Waals surface area contributed by atoms with Gasteiger partial charge in [0.1, 0.15) is 0 Å². The Labute approximate surface area is 188 Å². The van der Waals surface area contributed by atoms with Crippen molar-refractivity contribution in [1.82, 2.24) is 5.32 Å². The maximum Gasteiger partial charge on any atom is 0.0946 e. The van der Waals surface area contributed by atoms with E-state index >= 15 is 0 Å². The lowest BCUT2D eigenvalue weighted by molar-refractivity contribution is -0.0196. The Bertz CT molecular complexity index is 995. The number of aliphatic hydroxyl groups is 2. The number of hydrogen-bond acceptors (Lipinski definition) is 5. The highest BCUT2D eigenvalue weighted by molar-refractivity contribution is 7.12. The van der Waals surface area contributed by atoms with Crippen LogP contribution in [0.4, 0.5) is 0 Å². The van der Waals surface area contributed by atoms with Crippen molar-refractivity contribution >= 4 is 22.1 Å². The smallest absolute Gasteiger partial charge is 0.0946 e. The zero-order chi connectivity index (χ0) is 21.8. The normalized spacial score (nSPS) is 16.5. The van der Waals surface area contributed by atoms with E-state index in [2.05, 4.69) is 67.7 Å². The van der Waals surface area contributed by atoms with Crippen LogP contribution >= 0.6 is 11.3 Å². The van der Waals surface area contributed by atoms with Gasteiger partial charge < -0.3 is 20.3 Å². The van der Waals surface area contributed by atoms with Crippen LogP contribution in [-0.2, 0) is 17.8 Å². The summed E-state index contributed by atoms with van der Waals surface area (Å²) in [6.45, 7) is 5.22. The van der Waals surface area contributed by atoms with Crippen molar-refractivity contribution < 1.29 is 14.9 Å². The number of rotatable bonds is 11. The molecule has 1 unspecified atom stereocenters. The van der Waals surface area contributed by atoms with Crippen LogP contribution in [0.3, 0.4) is 0 Å². The van der Waals surface area contributed by atoms with Gasteiger partial charge in [0, 0.05) is 21.8 Å². The minimum absolute atomic E-state index is 0.0329. The largest absolute Gasteiger partial charge is 0.391 e. The Hall–Kier alpha value is -1.76. The van der Waals surface area contributed by atoms with Gasteiger partial charge in [-0.15, -0.1) is 11.3 Å². The molecule has 0 saturated heterocycles. The van der Waals surface area contributed by atoms with Crippen LogP contribution in [0.1, 0.15) is 48.1 Å². The number of ether oxygens (including phenoxy) is 1. The topological polar surface area (TPSA) is 61.7 Å². The van der Waals surface area contributed by atoms with E-state index in [-0.39, 0.29) is 18.2 Å². The Morgan fingerprint density at radius 1 is 1.10 bits per heavy atom. The summed E-state index contributed by atoms with van der Waals surface area (Å²) in [7, 11) is 0. The van der Waals surface area contributed by atoms with Gasteiger partial charge >= 0.3 is 0 Å². The maximum atomic E-state index is 10.5. The molecule has 1 aliphatic rings. The molecule has 31 heavy (non-hydrogen) atoms. The number of aliphatic hydroxyl groups excluding tert-OH is 2. The first-order valence-electron chi connectivity index (χ1n) is 11.2. The molecule has 3 aromatic rings. The lowest BCUT2D eigenvalue weighted by Gasteiger charge is -2.28. The summed E-state index contributed by atoms with van der Waals surface area (Å²) in [6, 6.07) is 19.0. The number of nitrogens with one attached hydrogen (secondary N) is 1. The van der Waals surface area contributed by atoms with Gasteiger partial charge in [-0.1, -0.05) is 42.5 Å². The third-order valence-corrected chi connectivity index (χ3v) is 7.04. The SMILES string of the molecule is CC(C)(Cc1ccc2ccccc2c1)NC[C@@H](O)COC(c1ccc(CO)s1)C1CC1. The summed E-state index contributed by atoms with van der Waals surface area (Å²) < 4.78 is 6.14. The lowest BCUT2D eigenvalue weighted by atomic mass is 9.93. The Morgan fingerprint density at radius 3 is 2.58 bits per heavy atom. The molecule has 1 aromatic heterocycles. The van der Waals surface area contributed by atoms with Crippen LogP contribution < -0.4 is 5.32 Å². The number of benzene rings is 2. The second-order valence-electron chi connectivity index (χ2n) is 9.33. The number of thiophene rings is 1. The van der Waals surface area contributed by atoms with Crippen molar-refractivity contribution in [1.29, 1.82) is 0 Å². The fourth-order valence-corrected chi connectivity index (χ4v) is 5.09. The molecular weight excluding hydrogens is 406 g/mol. The van der Waals surface area contributed by atoms with Crippen LogP contribution in [-0.4, -0.2) is 35.0 Å². The van der Waals surface area contributed by atoms with E-state index in [4.69, 9.17) is 4.74 Å². The molecule has 4 nitrogen and oxygen atoms in total. The zero-order valence-electron chi connectivity index (χ0n) is 18.4. The minimum Gasteiger partial charge on any atom is -0.391 e. The molecule has 0 radical (unpaired) electrons. The van der Waals surface area contributed by atoms with Crippen LogP contribution in [0.5, 0.6) is 0 Å². The summed E-state index contributed by atoms with van der Waals surface area (Å²) in [5.41, 5.74) is 1.15. The summed E-state index contributed by atoms with van der Waals surface area (Å²) in [5.74, 6) is 0.537. The van der Waals surface area contributed by atoms with E-state index < -0.39 is 6.10 Å². The van der Waals surface area contributed by atoms with Crippen molar-refractivity contribution in [3.8, 4) is 0 Å². The lowest BCUT2D eigenvalue weighted by Crippen LogP contribution is -2.46. The molecule has 1 heterocycles. The predicted molar refractivity (Wildman–Crippen MR) is 127 cm³/mol. The summed E-state index contributed by atoms with van der Waals surface area (Å²) in [6.07, 6.45) is 2.70. The third-order valence-electron chi connectivity index (χ3n) is 5.91. The van der Waals surface area contributed by atoms with Crippen LogP contribution in [0, 0.1) is 5.92 Å². The highest BCUT2D eigenvalue weighted by Crippen LogP contribution is 2.45. The molecule has 1 aliphatic carbocycles. The van der Waals surface area contributed by atoms with E-state index in [9.17, 15) is 10.2 Å². The first kappa shape index (κ1) is 22.4. The molecular formula is C26H33NO3S. The van der Waals surface area contributed by atoms with Gasteiger partial charge in [-0.3, -0.25) is 0 Å². The molecule has 1 fully saturated rings.